The molecule has 0 rings (SSSR count). The summed E-state index contributed by atoms with van der Waals surface area (Å²) in [6.07, 6.45) is 1.19. The number of esters is 1. The number of carbonyl (C=O) groups is 1. The van der Waals surface area contributed by atoms with Crippen LogP contribution in [-0.2, 0) is 14.3 Å². The zero-order chi connectivity index (χ0) is 9.56. The smallest absolute Gasteiger partial charge is 0.332 e. The molecule has 0 aliphatic carbocycles. The third-order valence-corrected chi connectivity index (χ3v) is 0.973. The van der Waals surface area contributed by atoms with E-state index in [9.17, 15) is 4.79 Å². The second kappa shape index (κ2) is 5.74. The van der Waals surface area contributed by atoms with Crippen LogP contribution in [0.1, 0.15) is 20.8 Å². The van der Waals surface area contributed by atoms with E-state index in [-0.39, 0.29) is 0 Å². The van der Waals surface area contributed by atoms with Crippen molar-refractivity contribution in [2.24, 2.45) is 0 Å². The summed E-state index contributed by atoms with van der Waals surface area (Å²) in [5.74, 6) is -0.481. The molecule has 0 bridgehead atoms. The van der Waals surface area contributed by atoms with Crippen LogP contribution >= 0.6 is 0 Å². The Hall–Kier alpha value is -0.870. The Morgan fingerprint density at radius 2 is 2.08 bits per heavy atom. The highest BCUT2D eigenvalue weighted by atomic mass is 16.7. The van der Waals surface area contributed by atoms with E-state index < -0.39 is 18.5 Å². The third-order valence-electron chi connectivity index (χ3n) is 0.973. The summed E-state index contributed by atoms with van der Waals surface area (Å²) < 4.78 is 9.44. The van der Waals surface area contributed by atoms with Crippen molar-refractivity contribution in [2.45, 2.75) is 33.4 Å². The van der Waals surface area contributed by atoms with Crippen LogP contribution in [0.15, 0.2) is 12.2 Å². The average Bonchev–Trinajstić information content (AvgIpc) is 1.84. The first-order chi connectivity index (χ1) is 5.56. The highest BCUT2D eigenvalue weighted by Crippen LogP contribution is 1.98. The van der Waals surface area contributed by atoms with Gasteiger partial charge in [0.2, 0.25) is 6.29 Å². The van der Waals surface area contributed by atoms with E-state index in [2.05, 4.69) is 0 Å². The Balaban J connectivity index is 3.68. The first kappa shape index (κ1) is 11.1. The Morgan fingerprint density at radius 1 is 1.50 bits per heavy atom. The van der Waals surface area contributed by atoms with Crippen LogP contribution in [-0.4, -0.2) is 23.7 Å². The van der Waals surface area contributed by atoms with Crippen molar-refractivity contribution in [1.82, 2.24) is 0 Å². The second-order valence-electron chi connectivity index (χ2n) is 2.24. The van der Waals surface area contributed by atoms with Gasteiger partial charge in [-0.3, -0.25) is 0 Å². The number of aliphatic hydroxyl groups excluding tert-OH is 1. The van der Waals surface area contributed by atoms with Crippen LogP contribution < -0.4 is 0 Å². The minimum absolute atomic E-state index is 0.481. The Morgan fingerprint density at radius 3 is 2.50 bits per heavy atom. The SMILES string of the molecule is C/C=C/C(=O)OC(C)OC(C)O. The molecule has 4 heteroatoms. The molecule has 0 aliphatic rings. The molecule has 0 spiro atoms. The van der Waals surface area contributed by atoms with Crippen LogP contribution in [0.25, 0.3) is 0 Å². The molecule has 2 atom stereocenters. The van der Waals surface area contributed by atoms with Crippen molar-refractivity contribution in [3.8, 4) is 0 Å². The fourth-order valence-electron chi connectivity index (χ4n) is 0.644. The van der Waals surface area contributed by atoms with Crippen molar-refractivity contribution in [3.05, 3.63) is 12.2 Å². The standard InChI is InChI=1S/C8H14O4/c1-4-5-8(10)12-7(3)11-6(2)9/h4-7,9H,1-3H3/b5-4+. The summed E-state index contributed by atoms with van der Waals surface area (Å²) in [6.45, 7) is 4.69. The second-order valence-corrected chi connectivity index (χ2v) is 2.24. The molecular weight excluding hydrogens is 160 g/mol. The first-order valence-corrected chi connectivity index (χ1v) is 3.73. The number of hydrogen-bond donors (Lipinski definition) is 1. The topological polar surface area (TPSA) is 55.8 Å². The van der Waals surface area contributed by atoms with E-state index in [0.29, 0.717) is 0 Å². The molecule has 0 aromatic carbocycles. The summed E-state index contributed by atoms with van der Waals surface area (Å²) in [4.78, 5) is 10.8. The maximum absolute atomic E-state index is 10.8. The van der Waals surface area contributed by atoms with E-state index >= 15 is 0 Å². The Kier molecular flexibility index (Phi) is 5.32. The van der Waals surface area contributed by atoms with E-state index in [1.807, 2.05) is 0 Å². The van der Waals surface area contributed by atoms with Gasteiger partial charge in [0.25, 0.3) is 0 Å². The van der Waals surface area contributed by atoms with E-state index in [4.69, 9.17) is 14.6 Å². The van der Waals surface area contributed by atoms with Crippen molar-refractivity contribution in [1.29, 1.82) is 0 Å². The van der Waals surface area contributed by atoms with Crippen LogP contribution in [0.3, 0.4) is 0 Å². The summed E-state index contributed by atoms with van der Waals surface area (Å²) in [5, 5.41) is 8.73. The minimum atomic E-state index is -0.932. The number of rotatable bonds is 4. The van der Waals surface area contributed by atoms with Gasteiger partial charge in [-0.2, -0.15) is 0 Å². The Bertz CT molecular complexity index is 162. The molecule has 0 heterocycles. The zero-order valence-corrected chi connectivity index (χ0v) is 7.48. The van der Waals surface area contributed by atoms with E-state index in [1.54, 1.807) is 13.0 Å². The van der Waals surface area contributed by atoms with Gasteiger partial charge in [-0.25, -0.2) is 4.79 Å². The lowest BCUT2D eigenvalue weighted by atomic mass is 10.5. The summed E-state index contributed by atoms with van der Waals surface area (Å²) >= 11 is 0. The molecule has 0 radical (unpaired) electrons. The van der Waals surface area contributed by atoms with Gasteiger partial charge >= 0.3 is 5.97 Å². The number of ether oxygens (including phenoxy) is 2. The molecular formula is C8H14O4. The number of aliphatic hydroxyl groups is 1. The molecule has 12 heavy (non-hydrogen) atoms. The van der Waals surface area contributed by atoms with Crippen LogP contribution in [0.5, 0.6) is 0 Å². The molecule has 0 saturated heterocycles. The molecule has 0 aliphatic heterocycles. The zero-order valence-electron chi connectivity index (χ0n) is 7.48. The third kappa shape index (κ3) is 5.88. The van der Waals surface area contributed by atoms with Gasteiger partial charge < -0.3 is 14.6 Å². The van der Waals surface area contributed by atoms with Gasteiger partial charge in [0.1, 0.15) is 0 Å². The van der Waals surface area contributed by atoms with Crippen LogP contribution in [0.4, 0.5) is 0 Å². The maximum atomic E-state index is 10.8. The Labute approximate surface area is 71.8 Å². The number of allylic oxidation sites excluding steroid dienone is 1. The average molecular weight is 174 g/mol. The quantitative estimate of drug-likeness (QED) is 0.389. The molecule has 0 saturated carbocycles. The lowest BCUT2D eigenvalue weighted by Crippen LogP contribution is -2.21. The normalized spacial score (nSPS) is 16.0. The lowest BCUT2D eigenvalue weighted by molar-refractivity contribution is -0.211. The van der Waals surface area contributed by atoms with Gasteiger partial charge in [0, 0.05) is 6.08 Å². The molecule has 1 N–H and O–H groups in total. The highest BCUT2D eigenvalue weighted by molar-refractivity contribution is 5.81. The van der Waals surface area contributed by atoms with Crippen LogP contribution in [0, 0.1) is 0 Å². The molecule has 0 aromatic heterocycles. The van der Waals surface area contributed by atoms with Gasteiger partial charge in [-0.1, -0.05) is 6.08 Å². The monoisotopic (exact) mass is 174 g/mol. The van der Waals surface area contributed by atoms with Gasteiger partial charge in [0.05, 0.1) is 0 Å². The molecule has 0 aromatic rings. The van der Waals surface area contributed by atoms with Crippen molar-refractivity contribution < 1.29 is 19.4 Å². The molecule has 0 fully saturated rings. The molecule has 4 nitrogen and oxygen atoms in total. The molecule has 2 unspecified atom stereocenters. The van der Waals surface area contributed by atoms with Crippen molar-refractivity contribution in [2.75, 3.05) is 0 Å². The fourth-order valence-corrected chi connectivity index (χ4v) is 0.644. The first-order valence-electron chi connectivity index (χ1n) is 3.73. The predicted molar refractivity (Wildman–Crippen MR) is 43.1 cm³/mol. The van der Waals surface area contributed by atoms with Crippen LogP contribution in [0.2, 0.25) is 0 Å². The lowest BCUT2D eigenvalue weighted by Gasteiger charge is -2.14. The predicted octanol–water partition coefficient (Wildman–Crippen LogP) is 0.807. The van der Waals surface area contributed by atoms with Crippen molar-refractivity contribution in [3.63, 3.8) is 0 Å². The van der Waals surface area contributed by atoms with Gasteiger partial charge in [-0.05, 0) is 20.8 Å². The highest BCUT2D eigenvalue weighted by Gasteiger charge is 2.08. The molecule has 70 valence electrons. The van der Waals surface area contributed by atoms with Gasteiger partial charge in [-0.15, -0.1) is 0 Å². The minimum Gasteiger partial charge on any atom is -0.433 e. The summed E-state index contributed by atoms with van der Waals surface area (Å²) in [5.41, 5.74) is 0. The molecule has 0 amide bonds. The van der Waals surface area contributed by atoms with Crippen molar-refractivity contribution >= 4 is 5.97 Å². The fraction of sp³-hybridized carbons (Fsp3) is 0.625. The van der Waals surface area contributed by atoms with E-state index in [1.165, 1.54) is 19.9 Å². The summed E-state index contributed by atoms with van der Waals surface area (Å²) in [7, 11) is 0. The number of carbonyl (C=O) groups excluding carboxylic acids is 1. The van der Waals surface area contributed by atoms with E-state index in [0.717, 1.165) is 0 Å². The largest absolute Gasteiger partial charge is 0.433 e. The van der Waals surface area contributed by atoms with Gasteiger partial charge in [0.15, 0.2) is 6.29 Å². The summed E-state index contributed by atoms with van der Waals surface area (Å²) in [6, 6.07) is 0. The number of hydrogen-bond acceptors (Lipinski definition) is 4. The maximum Gasteiger partial charge on any atom is 0.332 e.